The molecule has 6 amide bonds. The zero-order chi connectivity index (χ0) is 26.6. The number of ether oxygens (including phenoxy) is 2. The largest absolute Gasteiger partial charge is 0.466 e. The summed E-state index contributed by atoms with van der Waals surface area (Å²) in [5.41, 5.74) is -2.50. The Balaban J connectivity index is 2.10. The molecule has 2 saturated heterocycles. The second-order valence-electron chi connectivity index (χ2n) is 9.41. The number of hydrogen-bond donors (Lipinski definition) is 0. The summed E-state index contributed by atoms with van der Waals surface area (Å²) in [5, 5.41) is 0. The smallest absolute Gasteiger partial charge is 0.329 e. The highest BCUT2D eigenvalue weighted by Gasteiger charge is 2.56. The highest BCUT2D eigenvalue weighted by atomic mass is 16.5. The fourth-order valence-electron chi connectivity index (χ4n) is 4.07. The highest BCUT2D eigenvalue weighted by molar-refractivity contribution is 6.08. The van der Waals surface area contributed by atoms with E-state index in [9.17, 15) is 28.8 Å². The quantitative estimate of drug-likeness (QED) is 0.294. The normalized spacial score (nSPS) is 19.1. The molecule has 12 nitrogen and oxygen atoms in total. The Bertz CT molecular complexity index is 815. The number of carbonyl (C=O) groups is 6. The third-order valence-electron chi connectivity index (χ3n) is 6.23. The van der Waals surface area contributed by atoms with E-state index in [2.05, 4.69) is 0 Å². The van der Waals surface area contributed by atoms with Gasteiger partial charge < -0.3 is 9.47 Å². The Labute approximate surface area is 205 Å². The van der Waals surface area contributed by atoms with Gasteiger partial charge >= 0.3 is 24.0 Å². The number of carbonyl (C=O) groups excluding carboxylic acids is 6. The van der Waals surface area contributed by atoms with Crippen LogP contribution in [0.25, 0.3) is 0 Å². The van der Waals surface area contributed by atoms with Gasteiger partial charge in [-0.1, -0.05) is 0 Å². The molecule has 0 unspecified atom stereocenters. The molecule has 2 aliphatic rings. The Hall–Kier alpha value is -3.18. The fourth-order valence-corrected chi connectivity index (χ4v) is 4.07. The molecule has 0 aromatic carbocycles. The molecule has 2 heterocycles. The predicted octanol–water partition coefficient (Wildman–Crippen LogP) is 1.72. The van der Waals surface area contributed by atoms with E-state index in [1.165, 1.54) is 9.80 Å². The average Bonchev–Trinajstić information content (AvgIpc) is 3.03. The Morgan fingerprint density at radius 3 is 1.34 bits per heavy atom. The Kier molecular flexibility index (Phi) is 8.85. The number of nitrogens with zero attached hydrogens (tertiary/aromatic N) is 4. The van der Waals surface area contributed by atoms with Gasteiger partial charge in [0, 0.05) is 25.9 Å². The topological polar surface area (TPSA) is 134 Å². The molecule has 0 aromatic rings. The molecule has 12 heteroatoms. The molecule has 2 fully saturated rings. The van der Waals surface area contributed by atoms with Crippen LogP contribution in [-0.2, 0) is 28.7 Å². The lowest BCUT2D eigenvalue weighted by Crippen LogP contribution is -2.55. The lowest BCUT2D eigenvalue weighted by molar-refractivity contribution is -0.144. The van der Waals surface area contributed by atoms with Crippen LogP contribution in [0.3, 0.4) is 0 Å². The number of imide groups is 2. The first kappa shape index (κ1) is 28.1. The maximum absolute atomic E-state index is 13.1. The number of amides is 6. The van der Waals surface area contributed by atoms with Gasteiger partial charge in [-0.15, -0.1) is 0 Å². The van der Waals surface area contributed by atoms with E-state index in [1.54, 1.807) is 41.5 Å². The van der Waals surface area contributed by atoms with Crippen molar-refractivity contribution in [3.63, 3.8) is 0 Å². The zero-order valence-electron chi connectivity index (χ0n) is 21.4. The van der Waals surface area contributed by atoms with Crippen molar-refractivity contribution in [2.75, 3.05) is 33.0 Å². The van der Waals surface area contributed by atoms with Gasteiger partial charge in [-0.25, -0.2) is 9.59 Å². The summed E-state index contributed by atoms with van der Waals surface area (Å²) in [6.45, 7) is 9.99. The summed E-state index contributed by atoms with van der Waals surface area (Å²) < 4.78 is 9.75. The molecule has 2 rings (SSSR count). The first-order chi connectivity index (χ1) is 16.3. The van der Waals surface area contributed by atoms with E-state index in [0.29, 0.717) is 0 Å². The van der Waals surface area contributed by atoms with E-state index < -0.39 is 46.9 Å². The molecule has 35 heavy (non-hydrogen) atoms. The standard InChI is InChI=1S/C23H36N4O8/c1-7-34-16(28)11-9-13-24-18(30)22(3,4)26(20(24)32)15-27-21(33)25(19(31)23(27,5)6)14-10-12-17(29)35-8-2/h7-15H2,1-6H3. The van der Waals surface area contributed by atoms with Gasteiger partial charge in [-0.2, -0.15) is 0 Å². The van der Waals surface area contributed by atoms with Crippen LogP contribution >= 0.6 is 0 Å². The van der Waals surface area contributed by atoms with Gasteiger partial charge in [0.25, 0.3) is 11.8 Å². The molecule has 0 radical (unpaired) electrons. The fraction of sp³-hybridized carbons (Fsp3) is 0.739. The summed E-state index contributed by atoms with van der Waals surface area (Å²) in [6.07, 6.45) is 0.638. The summed E-state index contributed by atoms with van der Waals surface area (Å²) in [4.78, 5) is 80.0. The van der Waals surface area contributed by atoms with Crippen LogP contribution in [0.5, 0.6) is 0 Å². The van der Waals surface area contributed by atoms with Crippen LogP contribution < -0.4 is 0 Å². The third kappa shape index (κ3) is 5.73. The van der Waals surface area contributed by atoms with Crippen molar-refractivity contribution in [2.45, 2.75) is 78.3 Å². The third-order valence-corrected chi connectivity index (χ3v) is 6.23. The maximum Gasteiger partial charge on any atom is 0.329 e. The molecule has 0 saturated carbocycles. The minimum atomic E-state index is -1.25. The van der Waals surface area contributed by atoms with Crippen LogP contribution in [0.15, 0.2) is 0 Å². The number of rotatable bonds is 12. The summed E-state index contributed by atoms with van der Waals surface area (Å²) in [5.74, 6) is -1.72. The van der Waals surface area contributed by atoms with E-state index >= 15 is 0 Å². The maximum atomic E-state index is 13.1. The van der Waals surface area contributed by atoms with Crippen LogP contribution in [0.4, 0.5) is 9.59 Å². The zero-order valence-corrected chi connectivity index (χ0v) is 21.4. The Morgan fingerprint density at radius 2 is 1.03 bits per heavy atom. The molecular formula is C23H36N4O8. The molecule has 0 atom stereocenters. The van der Waals surface area contributed by atoms with E-state index in [0.717, 1.165) is 9.80 Å². The summed E-state index contributed by atoms with van der Waals surface area (Å²) >= 11 is 0. The molecule has 0 bridgehead atoms. The monoisotopic (exact) mass is 496 g/mol. The Morgan fingerprint density at radius 1 is 0.686 bits per heavy atom. The van der Waals surface area contributed by atoms with Gasteiger partial charge in [-0.05, 0) is 54.4 Å². The molecule has 196 valence electrons. The van der Waals surface area contributed by atoms with E-state index in [1.807, 2.05) is 0 Å². The van der Waals surface area contributed by atoms with Crippen molar-refractivity contribution < 1.29 is 38.2 Å². The van der Waals surface area contributed by atoms with Crippen LogP contribution in [0, 0.1) is 0 Å². The van der Waals surface area contributed by atoms with Crippen LogP contribution in [0.1, 0.15) is 67.2 Å². The molecule has 0 aromatic heterocycles. The summed E-state index contributed by atoms with van der Waals surface area (Å²) in [6, 6.07) is -1.19. The van der Waals surface area contributed by atoms with Gasteiger partial charge in [0.05, 0.1) is 13.2 Å². The lowest BCUT2D eigenvalue weighted by Gasteiger charge is -2.36. The first-order valence-electron chi connectivity index (χ1n) is 11.9. The number of hydrogen-bond acceptors (Lipinski definition) is 8. The molecule has 2 aliphatic heterocycles. The average molecular weight is 497 g/mol. The van der Waals surface area contributed by atoms with Crippen molar-refractivity contribution in [3.05, 3.63) is 0 Å². The molecule has 0 N–H and O–H groups in total. The van der Waals surface area contributed by atoms with Crippen LogP contribution in [0.2, 0.25) is 0 Å². The van der Waals surface area contributed by atoms with E-state index in [4.69, 9.17) is 9.47 Å². The van der Waals surface area contributed by atoms with Gasteiger partial charge in [0.2, 0.25) is 0 Å². The second-order valence-corrected chi connectivity index (χ2v) is 9.41. The van der Waals surface area contributed by atoms with Gasteiger partial charge in [-0.3, -0.25) is 38.8 Å². The van der Waals surface area contributed by atoms with Crippen LogP contribution in [-0.4, -0.2) is 99.5 Å². The number of urea groups is 2. The molecule has 0 aliphatic carbocycles. The molecule has 0 spiro atoms. The highest BCUT2D eigenvalue weighted by Crippen LogP contribution is 2.33. The number of esters is 2. The SMILES string of the molecule is CCOC(=O)CCCN1C(=O)N(CN2C(=O)N(CCCC(=O)OCC)C(=O)C2(C)C)C(C)(C)C1=O. The minimum Gasteiger partial charge on any atom is -0.466 e. The van der Waals surface area contributed by atoms with Crippen molar-refractivity contribution in [1.82, 2.24) is 19.6 Å². The van der Waals surface area contributed by atoms with Crippen molar-refractivity contribution in [1.29, 1.82) is 0 Å². The van der Waals surface area contributed by atoms with Gasteiger partial charge in [0.15, 0.2) is 0 Å². The predicted molar refractivity (Wildman–Crippen MR) is 123 cm³/mol. The minimum absolute atomic E-state index is 0.0344. The van der Waals surface area contributed by atoms with Crippen molar-refractivity contribution in [3.8, 4) is 0 Å². The van der Waals surface area contributed by atoms with Crippen molar-refractivity contribution in [2.24, 2.45) is 0 Å². The van der Waals surface area contributed by atoms with E-state index in [-0.39, 0.29) is 58.7 Å². The first-order valence-corrected chi connectivity index (χ1v) is 11.9. The van der Waals surface area contributed by atoms with Gasteiger partial charge in [0.1, 0.15) is 17.7 Å². The molecular weight excluding hydrogens is 460 g/mol. The lowest BCUT2D eigenvalue weighted by atomic mass is 10.0. The summed E-state index contributed by atoms with van der Waals surface area (Å²) in [7, 11) is 0. The van der Waals surface area contributed by atoms with Crippen molar-refractivity contribution >= 4 is 35.8 Å². The second kappa shape index (κ2) is 11.0.